The van der Waals surface area contributed by atoms with Crippen molar-refractivity contribution in [2.75, 3.05) is 13.2 Å². The van der Waals surface area contributed by atoms with E-state index in [4.69, 9.17) is 4.74 Å². The first-order chi connectivity index (χ1) is 8.35. The Bertz CT molecular complexity index is 435. The van der Waals surface area contributed by atoms with Gasteiger partial charge in [0.25, 0.3) is 5.91 Å². The molecule has 0 saturated carbocycles. The highest BCUT2D eigenvalue weighted by Gasteiger charge is 2.19. The predicted molar refractivity (Wildman–Crippen MR) is 77.2 cm³/mol. The van der Waals surface area contributed by atoms with Gasteiger partial charge in [0.1, 0.15) is 5.82 Å². The molecule has 0 aliphatic carbocycles. The summed E-state index contributed by atoms with van der Waals surface area (Å²) in [4.78, 5) is 11.9. The topological polar surface area (TPSA) is 38.3 Å². The highest BCUT2D eigenvalue weighted by atomic mass is 127. The molecule has 0 spiro atoms. The van der Waals surface area contributed by atoms with Crippen LogP contribution in [0, 0.1) is 9.39 Å². The lowest BCUT2D eigenvalue weighted by Crippen LogP contribution is -2.40. The quantitative estimate of drug-likeness (QED) is 0.815. The highest BCUT2D eigenvalue weighted by molar-refractivity contribution is 14.1. The summed E-state index contributed by atoms with van der Waals surface area (Å²) in [6, 6.07) is 4.11. The summed E-state index contributed by atoms with van der Waals surface area (Å²) >= 11 is 1.95. The molecule has 0 aliphatic rings. The third kappa shape index (κ3) is 4.53. The largest absolute Gasteiger partial charge is 0.374 e. The van der Waals surface area contributed by atoms with Gasteiger partial charge in [0.05, 0.1) is 11.2 Å². The molecule has 3 nitrogen and oxygen atoms in total. The SMILES string of the molecule is CCOC(C)(C)CNC(=O)c1ccc(F)cc1I. The van der Waals surface area contributed by atoms with Gasteiger partial charge in [0, 0.05) is 16.7 Å². The highest BCUT2D eigenvalue weighted by Crippen LogP contribution is 2.14. The molecule has 0 aliphatic heterocycles. The lowest BCUT2D eigenvalue weighted by molar-refractivity contribution is -0.00816. The second kappa shape index (κ2) is 6.47. The third-order valence-electron chi connectivity index (χ3n) is 2.39. The van der Waals surface area contributed by atoms with E-state index >= 15 is 0 Å². The number of carbonyl (C=O) groups excluding carboxylic acids is 1. The normalized spacial score (nSPS) is 11.4. The summed E-state index contributed by atoms with van der Waals surface area (Å²) < 4.78 is 19.0. The van der Waals surface area contributed by atoms with E-state index < -0.39 is 5.60 Å². The number of ether oxygens (including phenoxy) is 1. The molecule has 0 unspecified atom stereocenters. The number of rotatable bonds is 5. The second-order valence-electron chi connectivity index (χ2n) is 4.50. The lowest BCUT2D eigenvalue weighted by Gasteiger charge is -2.25. The molecular weight excluding hydrogens is 348 g/mol. The fourth-order valence-corrected chi connectivity index (χ4v) is 2.23. The van der Waals surface area contributed by atoms with Crippen molar-refractivity contribution in [3.05, 3.63) is 33.1 Å². The van der Waals surface area contributed by atoms with E-state index in [0.717, 1.165) is 0 Å². The summed E-state index contributed by atoms with van der Waals surface area (Å²) in [5, 5.41) is 2.79. The summed E-state index contributed by atoms with van der Waals surface area (Å²) in [7, 11) is 0. The van der Waals surface area contributed by atoms with E-state index in [0.29, 0.717) is 22.3 Å². The van der Waals surface area contributed by atoms with Gasteiger partial charge in [-0.2, -0.15) is 0 Å². The van der Waals surface area contributed by atoms with Crippen LogP contribution in [0.25, 0.3) is 0 Å². The summed E-state index contributed by atoms with van der Waals surface area (Å²) in [5.41, 5.74) is 0.0693. The molecule has 0 radical (unpaired) electrons. The van der Waals surface area contributed by atoms with Crippen LogP contribution in [-0.2, 0) is 4.74 Å². The number of benzene rings is 1. The Morgan fingerprint density at radius 2 is 2.17 bits per heavy atom. The molecule has 1 N–H and O–H groups in total. The van der Waals surface area contributed by atoms with Gasteiger partial charge in [-0.25, -0.2) is 4.39 Å². The smallest absolute Gasteiger partial charge is 0.252 e. The maximum absolute atomic E-state index is 12.9. The number of amides is 1. The van der Waals surface area contributed by atoms with Gasteiger partial charge in [0.15, 0.2) is 0 Å². The Kier molecular flexibility index (Phi) is 5.52. The molecule has 0 fully saturated rings. The van der Waals surface area contributed by atoms with Gasteiger partial charge in [-0.3, -0.25) is 4.79 Å². The van der Waals surface area contributed by atoms with Crippen molar-refractivity contribution in [2.24, 2.45) is 0 Å². The van der Waals surface area contributed by atoms with E-state index in [1.807, 2.05) is 43.4 Å². The second-order valence-corrected chi connectivity index (χ2v) is 5.66. The van der Waals surface area contributed by atoms with Crippen LogP contribution >= 0.6 is 22.6 Å². The Morgan fingerprint density at radius 1 is 1.50 bits per heavy atom. The van der Waals surface area contributed by atoms with Crippen LogP contribution < -0.4 is 5.32 Å². The zero-order valence-corrected chi connectivity index (χ0v) is 12.9. The number of nitrogens with one attached hydrogen (secondary N) is 1. The van der Waals surface area contributed by atoms with Crippen molar-refractivity contribution in [1.82, 2.24) is 5.32 Å². The molecule has 5 heteroatoms. The molecule has 1 aromatic rings. The van der Waals surface area contributed by atoms with Gasteiger partial charge in [0.2, 0.25) is 0 Å². The number of hydrogen-bond acceptors (Lipinski definition) is 2. The summed E-state index contributed by atoms with van der Waals surface area (Å²) in [6.07, 6.45) is 0. The molecule has 0 heterocycles. The monoisotopic (exact) mass is 365 g/mol. The van der Waals surface area contributed by atoms with E-state index in [1.165, 1.54) is 18.2 Å². The van der Waals surface area contributed by atoms with E-state index in [1.54, 1.807) is 0 Å². The van der Waals surface area contributed by atoms with Crippen LogP contribution in [0.5, 0.6) is 0 Å². The Hall–Kier alpha value is -0.690. The fraction of sp³-hybridized carbons (Fsp3) is 0.462. The van der Waals surface area contributed by atoms with Crippen molar-refractivity contribution >= 4 is 28.5 Å². The molecule has 100 valence electrons. The van der Waals surface area contributed by atoms with Crippen molar-refractivity contribution in [2.45, 2.75) is 26.4 Å². The lowest BCUT2D eigenvalue weighted by atomic mass is 10.1. The average Bonchev–Trinajstić information content (AvgIpc) is 2.26. The number of hydrogen-bond donors (Lipinski definition) is 1. The zero-order valence-electron chi connectivity index (χ0n) is 10.7. The number of halogens is 2. The van der Waals surface area contributed by atoms with Crippen LogP contribution in [0.4, 0.5) is 4.39 Å². The third-order valence-corrected chi connectivity index (χ3v) is 3.28. The van der Waals surface area contributed by atoms with Gasteiger partial charge in [-0.1, -0.05) is 0 Å². The first-order valence-electron chi connectivity index (χ1n) is 5.73. The minimum absolute atomic E-state index is 0.216. The van der Waals surface area contributed by atoms with Crippen LogP contribution in [-0.4, -0.2) is 24.7 Å². The molecule has 0 bridgehead atoms. The molecule has 1 amide bonds. The molecule has 0 saturated heterocycles. The first-order valence-corrected chi connectivity index (χ1v) is 6.81. The molecule has 1 rings (SSSR count). The summed E-state index contributed by atoms with van der Waals surface area (Å²) in [5.74, 6) is -0.558. The van der Waals surface area contributed by atoms with Gasteiger partial charge >= 0.3 is 0 Å². The molecular formula is C13H17FINO2. The molecule has 18 heavy (non-hydrogen) atoms. The van der Waals surface area contributed by atoms with Crippen LogP contribution in [0.1, 0.15) is 31.1 Å². The Morgan fingerprint density at radius 3 is 2.72 bits per heavy atom. The van der Waals surface area contributed by atoms with Crippen LogP contribution in [0.2, 0.25) is 0 Å². The molecule has 1 aromatic carbocycles. The van der Waals surface area contributed by atoms with Gasteiger partial charge < -0.3 is 10.1 Å². The zero-order chi connectivity index (χ0) is 13.8. The van der Waals surface area contributed by atoms with Crippen LogP contribution in [0.3, 0.4) is 0 Å². The van der Waals surface area contributed by atoms with Gasteiger partial charge in [-0.15, -0.1) is 0 Å². The Balaban J connectivity index is 2.66. The molecule has 0 atom stereocenters. The van der Waals surface area contributed by atoms with Crippen molar-refractivity contribution < 1.29 is 13.9 Å². The van der Waals surface area contributed by atoms with Crippen molar-refractivity contribution in [1.29, 1.82) is 0 Å². The Labute approximate surface area is 120 Å². The number of carbonyl (C=O) groups is 1. The average molecular weight is 365 g/mol. The van der Waals surface area contributed by atoms with E-state index in [2.05, 4.69) is 5.32 Å². The minimum atomic E-state index is -0.407. The first kappa shape index (κ1) is 15.4. The van der Waals surface area contributed by atoms with E-state index in [-0.39, 0.29) is 11.7 Å². The molecule has 0 aromatic heterocycles. The maximum atomic E-state index is 12.9. The standard InChI is InChI=1S/C13H17FINO2/c1-4-18-13(2,3)8-16-12(17)10-6-5-9(14)7-11(10)15/h5-7H,4,8H2,1-3H3,(H,16,17). The predicted octanol–water partition coefficient (Wildman–Crippen LogP) is 2.98. The van der Waals surface area contributed by atoms with Crippen LogP contribution in [0.15, 0.2) is 18.2 Å². The summed E-state index contributed by atoms with van der Waals surface area (Å²) in [6.45, 7) is 6.73. The van der Waals surface area contributed by atoms with Crippen molar-refractivity contribution in [3.8, 4) is 0 Å². The van der Waals surface area contributed by atoms with E-state index in [9.17, 15) is 9.18 Å². The van der Waals surface area contributed by atoms with Gasteiger partial charge in [-0.05, 0) is 61.6 Å². The fourth-order valence-electron chi connectivity index (χ4n) is 1.50. The van der Waals surface area contributed by atoms with Crippen molar-refractivity contribution in [3.63, 3.8) is 0 Å². The maximum Gasteiger partial charge on any atom is 0.252 e. The minimum Gasteiger partial charge on any atom is -0.374 e.